The van der Waals surface area contributed by atoms with Crippen LogP contribution in [-0.2, 0) is 6.54 Å². The minimum Gasteiger partial charge on any atom is -0.478 e. The summed E-state index contributed by atoms with van der Waals surface area (Å²) in [6.45, 7) is 0.233. The number of benzene rings is 1. The van der Waals surface area contributed by atoms with E-state index in [0.717, 1.165) is 0 Å². The van der Waals surface area contributed by atoms with Crippen LogP contribution in [0, 0.1) is 0 Å². The summed E-state index contributed by atoms with van der Waals surface area (Å²) in [5.74, 6) is -1.35. The number of hydrogen-bond donors (Lipinski definition) is 2. The smallest absolute Gasteiger partial charge is 0.335 e. The van der Waals surface area contributed by atoms with E-state index in [-0.39, 0.29) is 23.7 Å². The zero-order valence-electron chi connectivity index (χ0n) is 9.91. The number of carboxylic acids is 1. The Morgan fingerprint density at radius 2 is 2.11 bits per heavy atom. The summed E-state index contributed by atoms with van der Waals surface area (Å²) in [6, 6.07) is 6.38. The molecule has 1 heterocycles. The van der Waals surface area contributed by atoms with Gasteiger partial charge in [0.25, 0.3) is 5.91 Å². The van der Waals surface area contributed by atoms with Crippen molar-refractivity contribution in [3.05, 3.63) is 59.7 Å². The van der Waals surface area contributed by atoms with Crippen LogP contribution in [0.1, 0.15) is 26.4 Å². The Kier molecular flexibility index (Phi) is 3.82. The molecule has 0 spiro atoms. The van der Waals surface area contributed by atoms with Crippen molar-refractivity contribution in [3.8, 4) is 0 Å². The molecule has 1 aromatic heterocycles. The van der Waals surface area contributed by atoms with Crippen LogP contribution in [0.5, 0.6) is 0 Å². The number of nitrogens with zero attached hydrogens (tertiary/aromatic N) is 2. The molecule has 0 fully saturated rings. The van der Waals surface area contributed by atoms with E-state index in [1.807, 2.05) is 0 Å². The summed E-state index contributed by atoms with van der Waals surface area (Å²) in [5.41, 5.74) is 1.11. The number of carbonyl (C=O) groups excluding carboxylic acids is 1. The highest BCUT2D eigenvalue weighted by Gasteiger charge is 2.07. The van der Waals surface area contributed by atoms with Gasteiger partial charge in [0.2, 0.25) is 0 Å². The highest BCUT2D eigenvalue weighted by molar-refractivity contribution is 5.92. The van der Waals surface area contributed by atoms with Crippen LogP contribution in [0.15, 0.2) is 42.9 Å². The Morgan fingerprint density at radius 3 is 2.79 bits per heavy atom. The molecule has 0 aliphatic rings. The van der Waals surface area contributed by atoms with Gasteiger partial charge < -0.3 is 10.4 Å². The van der Waals surface area contributed by atoms with Crippen molar-refractivity contribution in [2.75, 3.05) is 0 Å². The van der Waals surface area contributed by atoms with E-state index in [9.17, 15) is 9.59 Å². The molecule has 0 radical (unpaired) electrons. The maximum Gasteiger partial charge on any atom is 0.335 e. The zero-order chi connectivity index (χ0) is 13.7. The molecule has 2 aromatic rings. The predicted molar refractivity (Wildman–Crippen MR) is 66.6 cm³/mol. The third-order valence-corrected chi connectivity index (χ3v) is 2.42. The Bertz CT molecular complexity index is 599. The van der Waals surface area contributed by atoms with Crippen molar-refractivity contribution < 1.29 is 14.7 Å². The van der Waals surface area contributed by atoms with E-state index in [0.29, 0.717) is 5.56 Å². The van der Waals surface area contributed by atoms with Gasteiger partial charge in [-0.2, -0.15) is 0 Å². The molecular weight excluding hydrogens is 246 g/mol. The fourth-order valence-electron chi connectivity index (χ4n) is 1.50. The van der Waals surface area contributed by atoms with Gasteiger partial charge in [0.1, 0.15) is 5.69 Å². The summed E-state index contributed by atoms with van der Waals surface area (Å²) in [4.78, 5) is 30.2. The molecule has 6 nitrogen and oxygen atoms in total. The van der Waals surface area contributed by atoms with Gasteiger partial charge in [0.15, 0.2) is 0 Å². The number of aromatic nitrogens is 2. The van der Waals surface area contributed by atoms with Crippen molar-refractivity contribution in [1.82, 2.24) is 15.3 Å². The van der Waals surface area contributed by atoms with Gasteiger partial charge >= 0.3 is 5.97 Å². The van der Waals surface area contributed by atoms with E-state index in [4.69, 9.17) is 5.11 Å². The molecule has 2 rings (SSSR count). The number of rotatable bonds is 4. The van der Waals surface area contributed by atoms with Crippen LogP contribution in [0.4, 0.5) is 0 Å². The van der Waals surface area contributed by atoms with Gasteiger partial charge in [-0.3, -0.25) is 9.78 Å². The summed E-state index contributed by atoms with van der Waals surface area (Å²) < 4.78 is 0. The number of aromatic carboxylic acids is 1. The molecule has 0 unspecified atom stereocenters. The lowest BCUT2D eigenvalue weighted by atomic mass is 10.1. The molecule has 2 N–H and O–H groups in total. The first kappa shape index (κ1) is 12.7. The molecule has 1 aromatic carbocycles. The van der Waals surface area contributed by atoms with Gasteiger partial charge in [0, 0.05) is 18.9 Å². The van der Waals surface area contributed by atoms with Crippen LogP contribution in [0.2, 0.25) is 0 Å². The Labute approximate surface area is 109 Å². The maximum absolute atomic E-state index is 11.7. The monoisotopic (exact) mass is 257 g/mol. The first-order valence-electron chi connectivity index (χ1n) is 5.53. The number of carboxylic acid groups (broad SMARTS) is 1. The Hall–Kier alpha value is -2.76. The van der Waals surface area contributed by atoms with Crippen molar-refractivity contribution in [1.29, 1.82) is 0 Å². The molecule has 0 bridgehead atoms. The molecule has 1 amide bonds. The maximum atomic E-state index is 11.7. The summed E-state index contributed by atoms with van der Waals surface area (Å²) in [7, 11) is 0. The molecule has 6 heteroatoms. The SMILES string of the molecule is O=C(O)c1cccc(CNC(=O)c2cnccn2)c1. The van der Waals surface area contributed by atoms with E-state index < -0.39 is 5.97 Å². The highest BCUT2D eigenvalue weighted by Crippen LogP contribution is 2.05. The predicted octanol–water partition coefficient (Wildman–Crippen LogP) is 1.10. The zero-order valence-corrected chi connectivity index (χ0v) is 9.91. The van der Waals surface area contributed by atoms with Crippen LogP contribution >= 0.6 is 0 Å². The molecule has 0 saturated heterocycles. The van der Waals surface area contributed by atoms with Crippen LogP contribution in [-0.4, -0.2) is 27.0 Å². The topological polar surface area (TPSA) is 92.2 Å². The number of nitrogens with one attached hydrogen (secondary N) is 1. The van der Waals surface area contributed by atoms with Gasteiger partial charge in [0.05, 0.1) is 11.8 Å². The minimum atomic E-state index is -0.998. The molecule has 0 aliphatic heterocycles. The van der Waals surface area contributed by atoms with Crippen molar-refractivity contribution in [2.24, 2.45) is 0 Å². The average molecular weight is 257 g/mol. The highest BCUT2D eigenvalue weighted by atomic mass is 16.4. The molecule has 0 atom stereocenters. The van der Waals surface area contributed by atoms with Crippen LogP contribution in [0.25, 0.3) is 0 Å². The lowest BCUT2D eigenvalue weighted by molar-refractivity contribution is 0.0696. The van der Waals surface area contributed by atoms with Gasteiger partial charge in [-0.1, -0.05) is 12.1 Å². The van der Waals surface area contributed by atoms with E-state index in [2.05, 4.69) is 15.3 Å². The largest absolute Gasteiger partial charge is 0.478 e. The fourth-order valence-corrected chi connectivity index (χ4v) is 1.50. The fraction of sp³-hybridized carbons (Fsp3) is 0.0769. The number of amides is 1. The second kappa shape index (κ2) is 5.72. The van der Waals surface area contributed by atoms with Gasteiger partial charge in [-0.15, -0.1) is 0 Å². The second-order valence-corrected chi connectivity index (χ2v) is 3.78. The van der Waals surface area contributed by atoms with E-state index >= 15 is 0 Å². The van der Waals surface area contributed by atoms with Crippen molar-refractivity contribution >= 4 is 11.9 Å². The summed E-state index contributed by atoms with van der Waals surface area (Å²) in [5, 5.41) is 11.5. The van der Waals surface area contributed by atoms with Crippen LogP contribution in [0.3, 0.4) is 0 Å². The average Bonchev–Trinajstić information content (AvgIpc) is 2.46. The standard InChI is InChI=1S/C13H11N3O3/c17-12(11-8-14-4-5-15-11)16-7-9-2-1-3-10(6-9)13(18)19/h1-6,8H,7H2,(H,16,17)(H,18,19). The second-order valence-electron chi connectivity index (χ2n) is 3.78. The van der Waals surface area contributed by atoms with Crippen LogP contribution < -0.4 is 5.32 Å². The van der Waals surface area contributed by atoms with E-state index in [1.54, 1.807) is 12.1 Å². The lowest BCUT2D eigenvalue weighted by Crippen LogP contribution is -2.24. The third-order valence-electron chi connectivity index (χ3n) is 2.42. The quantitative estimate of drug-likeness (QED) is 0.855. The van der Waals surface area contributed by atoms with Gasteiger partial charge in [-0.05, 0) is 17.7 Å². The molecule has 19 heavy (non-hydrogen) atoms. The number of carbonyl (C=O) groups is 2. The van der Waals surface area contributed by atoms with Crippen molar-refractivity contribution in [3.63, 3.8) is 0 Å². The molecule has 0 aliphatic carbocycles. The Balaban J connectivity index is 2.01. The van der Waals surface area contributed by atoms with Crippen molar-refractivity contribution in [2.45, 2.75) is 6.54 Å². The van der Waals surface area contributed by atoms with E-state index in [1.165, 1.54) is 30.7 Å². The third kappa shape index (κ3) is 3.35. The number of hydrogen-bond acceptors (Lipinski definition) is 4. The normalized spacial score (nSPS) is 9.89. The lowest BCUT2D eigenvalue weighted by Gasteiger charge is -2.05. The van der Waals surface area contributed by atoms with Gasteiger partial charge in [-0.25, -0.2) is 9.78 Å². The Morgan fingerprint density at radius 1 is 1.26 bits per heavy atom. The molecular formula is C13H11N3O3. The summed E-state index contributed by atoms with van der Waals surface area (Å²) in [6.07, 6.45) is 4.27. The first-order chi connectivity index (χ1) is 9.16. The molecule has 0 saturated carbocycles. The first-order valence-corrected chi connectivity index (χ1v) is 5.53. The summed E-state index contributed by atoms with van der Waals surface area (Å²) >= 11 is 0. The minimum absolute atomic E-state index is 0.186. The molecule has 96 valence electrons.